The van der Waals surface area contributed by atoms with Crippen molar-refractivity contribution in [2.24, 2.45) is 5.41 Å². The van der Waals surface area contributed by atoms with Crippen LogP contribution in [0.4, 0.5) is 16.2 Å². The monoisotopic (exact) mass is 395 g/mol. The van der Waals surface area contributed by atoms with Crippen LogP contribution in [0.15, 0.2) is 48.5 Å². The Labute approximate surface area is 169 Å². The summed E-state index contributed by atoms with van der Waals surface area (Å²) in [6.45, 7) is 2.22. The second kappa shape index (κ2) is 8.77. The molecule has 2 aromatic rings. The molecule has 0 aliphatic heterocycles. The van der Waals surface area contributed by atoms with Crippen LogP contribution in [0.3, 0.4) is 0 Å². The Morgan fingerprint density at radius 3 is 2.24 bits per heavy atom. The third kappa shape index (κ3) is 5.34. The Balaban J connectivity index is 1.52. The van der Waals surface area contributed by atoms with E-state index in [0.29, 0.717) is 24.2 Å². The molecule has 0 heterocycles. The number of hydrogen-bond donors (Lipinski definition) is 4. The predicted octanol–water partition coefficient (Wildman–Crippen LogP) is 3.90. The molecule has 2 aromatic carbocycles. The second-order valence-electron chi connectivity index (χ2n) is 7.54. The Bertz CT molecular complexity index is 922. The van der Waals surface area contributed by atoms with E-state index in [1.807, 2.05) is 37.3 Å². The van der Waals surface area contributed by atoms with Crippen LogP contribution in [-0.2, 0) is 16.1 Å². The zero-order chi connectivity index (χ0) is 20.9. The minimum atomic E-state index is -0.901. The number of aliphatic carboxylic acids is 1. The third-order valence-corrected chi connectivity index (χ3v) is 5.21. The lowest BCUT2D eigenvalue weighted by molar-refractivity contribution is -0.157. The maximum atomic E-state index is 12.2. The number of rotatable bonds is 7. The molecule has 7 nitrogen and oxygen atoms in total. The maximum absolute atomic E-state index is 12.2. The molecule has 1 aliphatic rings. The summed E-state index contributed by atoms with van der Waals surface area (Å²) in [7, 11) is 0. The van der Waals surface area contributed by atoms with E-state index < -0.39 is 11.4 Å². The van der Waals surface area contributed by atoms with Crippen molar-refractivity contribution in [1.82, 2.24) is 5.32 Å². The summed E-state index contributed by atoms with van der Waals surface area (Å²) in [6.07, 6.45) is 1.94. The van der Waals surface area contributed by atoms with Gasteiger partial charge in [0.15, 0.2) is 0 Å². The van der Waals surface area contributed by atoms with E-state index in [2.05, 4.69) is 16.0 Å². The van der Waals surface area contributed by atoms with Gasteiger partial charge in [-0.2, -0.15) is 0 Å². The Morgan fingerprint density at radius 2 is 1.66 bits per heavy atom. The molecule has 0 spiro atoms. The van der Waals surface area contributed by atoms with Gasteiger partial charge in [-0.1, -0.05) is 30.7 Å². The minimum Gasteiger partial charge on any atom is -0.481 e. The van der Waals surface area contributed by atoms with Crippen molar-refractivity contribution in [3.05, 3.63) is 59.7 Å². The van der Waals surface area contributed by atoms with Gasteiger partial charge in [0.05, 0.1) is 5.41 Å². The van der Waals surface area contributed by atoms with Crippen LogP contribution in [0, 0.1) is 12.3 Å². The Morgan fingerprint density at radius 1 is 1.00 bits per heavy atom. The fraction of sp³-hybridized carbons (Fsp3) is 0.318. The molecule has 1 fully saturated rings. The Kier molecular flexibility index (Phi) is 6.16. The van der Waals surface area contributed by atoms with E-state index in [-0.39, 0.29) is 24.9 Å². The summed E-state index contributed by atoms with van der Waals surface area (Å²) < 4.78 is 0. The average molecular weight is 395 g/mol. The standard InChI is InChI=1S/C22H25N3O4/c1-15-5-2-7-17(11-15)24-21(29)25-18-8-3-6-16(12-18)14-23-19(26)13-22(20(27)28)9-4-10-22/h2-3,5-8,11-12H,4,9-10,13-14H2,1H3,(H,23,26)(H,27,28)(H2,24,25,29). The first-order chi connectivity index (χ1) is 13.9. The molecule has 0 unspecified atom stereocenters. The fourth-order valence-corrected chi connectivity index (χ4v) is 3.42. The number of benzene rings is 2. The quantitative estimate of drug-likeness (QED) is 0.570. The topological polar surface area (TPSA) is 108 Å². The predicted molar refractivity (Wildman–Crippen MR) is 111 cm³/mol. The molecule has 0 saturated heterocycles. The average Bonchev–Trinajstić information content (AvgIpc) is 2.63. The first kappa shape index (κ1) is 20.4. The molecule has 1 saturated carbocycles. The number of nitrogens with one attached hydrogen (secondary N) is 3. The van der Waals surface area contributed by atoms with Crippen LogP contribution >= 0.6 is 0 Å². The van der Waals surface area contributed by atoms with Gasteiger partial charge < -0.3 is 21.1 Å². The maximum Gasteiger partial charge on any atom is 0.323 e. The van der Waals surface area contributed by atoms with Gasteiger partial charge in [-0.3, -0.25) is 9.59 Å². The number of anilines is 2. The fourth-order valence-electron chi connectivity index (χ4n) is 3.42. The molecule has 4 N–H and O–H groups in total. The molecule has 3 rings (SSSR count). The van der Waals surface area contributed by atoms with Gasteiger partial charge in [0, 0.05) is 24.3 Å². The van der Waals surface area contributed by atoms with Crippen molar-refractivity contribution in [3.8, 4) is 0 Å². The van der Waals surface area contributed by atoms with Gasteiger partial charge in [-0.15, -0.1) is 0 Å². The summed E-state index contributed by atoms with van der Waals surface area (Å²) in [6, 6.07) is 14.3. The number of carbonyl (C=O) groups is 3. The van der Waals surface area contributed by atoms with Crippen LogP contribution in [0.5, 0.6) is 0 Å². The van der Waals surface area contributed by atoms with Gasteiger partial charge in [0.1, 0.15) is 0 Å². The number of carboxylic acids is 1. The van der Waals surface area contributed by atoms with Crippen LogP contribution < -0.4 is 16.0 Å². The number of amides is 3. The molecule has 152 valence electrons. The van der Waals surface area contributed by atoms with Crippen molar-refractivity contribution in [1.29, 1.82) is 0 Å². The van der Waals surface area contributed by atoms with E-state index in [0.717, 1.165) is 17.5 Å². The molecule has 1 aliphatic carbocycles. The zero-order valence-corrected chi connectivity index (χ0v) is 16.3. The molecule has 0 radical (unpaired) electrons. The van der Waals surface area contributed by atoms with Crippen LogP contribution in [0.2, 0.25) is 0 Å². The van der Waals surface area contributed by atoms with Gasteiger partial charge in [0.2, 0.25) is 5.91 Å². The van der Waals surface area contributed by atoms with Crippen molar-refractivity contribution in [2.75, 3.05) is 10.6 Å². The van der Waals surface area contributed by atoms with Crippen molar-refractivity contribution < 1.29 is 19.5 Å². The lowest BCUT2D eigenvalue weighted by Gasteiger charge is -2.36. The highest BCUT2D eigenvalue weighted by atomic mass is 16.4. The highest BCUT2D eigenvalue weighted by Gasteiger charge is 2.45. The molecular formula is C22H25N3O4. The van der Waals surface area contributed by atoms with Crippen LogP contribution in [0.1, 0.15) is 36.8 Å². The smallest absolute Gasteiger partial charge is 0.323 e. The van der Waals surface area contributed by atoms with Crippen molar-refractivity contribution in [2.45, 2.75) is 39.2 Å². The first-order valence-electron chi connectivity index (χ1n) is 9.60. The summed E-state index contributed by atoms with van der Waals surface area (Å²) in [5.41, 5.74) is 2.26. The largest absolute Gasteiger partial charge is 0.481 e. The van der Waals surface area contributed by atoms with Crippen molar-refractivity contribution >= 4 is 29.3 Å². The molecule has 0 aromatic heterocycles. The van der Waals surface area contributed by atoms with Gasteiger partial charge in [-0.05, 0) is 55.2 Å². The summed E-state index contributed by atoms with van der Waals surface area (Å²) in [5.74, 6) is -1.17. The van der Waals surface area contributed by atoms with Gasteiger partial charge in [0.25, 0.3) is 0 Å². The van der Waals surface area contributed by atoms with Crippen LogP contribution in [-0.4, -0.2) is 23.0 Å². The number of urea groups is 1. The lowest BCUT2D eigenvalue weighted by Crippen LogP contribution is -2.42. The summed E-state index contributed by atoms with van der Waals surface area (Å²) in [4.78, 5) is 35.7. The van der Waals surface area contributed by atoms with Gasteiger partial charge >= 0.3 is 12.0 Å². The second-order valence-corrected chi connectivity index (χ2v) is 7.54. The Hall–Kier alpha value is -3.35. The van der Waals surface area contributed by atoms with Crippen molar-refractivity contribution in [3.63, 3.8) is 0 Å². The molecule has 0 bridgehead atoms. The molecule has 0 atom stereocenters. The van der Waals surface area contributed by atoms with E-state index in [9.17, 15) is 19.5 Å². The molecule has 7 heteroatoms. The number of carbonyl (C=O) groups excluding carboxylic acids is 2. The minimum absolute atomic E-state index is 0.000821. The number of hydrogen-bond acceptors (Lipinski definition) is 3. The van der Waals surface area contributed by atoms with E-state index in [1.165, 1.54) is 0 Å². The first-order valence-corrected chi connectivity index (χ1v) is 9.60. The van der Waals surface area contributed by atoms with E-state index in [4.69, 9.17) is 0 Å². The molecular weight excluding hydrogens is 370 g/mol. The summed E-state index contributed by atoms with van der Waals surface area (Å²) >= 11 is 0. The van der Waals surface area contributed by atoms with Crippen LogP contribution in [0.25, 0.3) is 0 Å². The number of carboxylic acid groups (broad SMARTS) is 1. The number of aryl methyl sites for hydroxylation is 1. The van der Waals surface area contributed by atoms with E-state index >= 15 is 0 Å². The molecule has 29 heavy (non-hydrogen) atoms. The molecule has 3 amide bonds. The van der Waals surface area contributed by atoms with E-state index in [1.54, 1.807) is 18.2 Å². The SMILES string of the molecule is Cc1cccc(NC(=O)Nc2cccc(CNC(=O)CC3(C(=O)O)CCC3)c2)c1. The van der Waals surface area contributed by atoms with Gasteiger partial charge in [-0.25, -0.2) is 4.79 Å². The highest BCUT2D eigenvalue weighted by molar-refractivity contribution is 5.99. The zero-order valence-electron chi connectivity index (χ0n) is 16.3. The summed E-state index contributed by atoms with van der Waals surface area (Å²) in [5, 5.41) is 17.7. The normalized spacial score (nSPS) is 14.4. The highest BCUT2D eigenvalue weighted by Crippen LogP contribution is 2.44. The third-order valence-electron chi connectivity index (χ3n) is 5.21. The lowest BCUT2D eigenvalue weighted by atomic mass is 9.66.